The van der Waals surface area contributed by atoms with E-state index in [1.54, 1.807) is 6.33 Å². The summed E-state index contributed by atoms with van der Waals surface area (Å²) in [6, 6.07) is 7.55. The van der Waals surface area contributed by atoms with Gasteiger partial charge in [0.2, 0.25) is 10.0 Å². The molecule has 0 fully saturated rings. The van der Waals surface area contributed by atoms with Crippen molar-refractivity contribution in [2.75, 3.05) is 5.75 Å². The van der Waals surface area contributed by atoms with Gasteiger partial charge in [0.15, 0.2) is 0 Å². The van der Waals surface area contributed by atoms with Crippen molar-refractivity contribution in [3.05, 3.63) is 53.1 Å². The number of aliphatic hydroxyl groups is 1. The number of aliphatic hydroxyl groups excluding tert-OH is 1. The molecule has 0 aliphatic rings. The molecule has 1 atom stereocenters. The molecule has 0 spiro atoms. The van der Waals surface area contributed by atoms with Crippen LogP contribution < -0.4 is 5.14 Å². The molecule has 1 unspecified atom stereocenters. The quantitative estimate of drug-likeness (QED) is 0.788. The number of hydrogen-bond donors (Lipinski definition) is 2. The predicted octanol–water partition coefficient (Wildman–Crippen LogP) is 1.17. The SMILES string of the molecule is NS(=O)(=O)CC(O)CCc1cn(Cc2ccc(Cl)cc2)cn1. The van der Waals surface area contributed by atoms with E-state index in [4.69, 9.17) is 16.7 Å². The van der Waals surface area contributed by atoms with Gasteiger partial charge < -0.3 is 9.67 Å². The molecule has 0 radical (unpaired) electrons. The first-order valence-corrected chi connectivity index (χ1v) is 8.85. The lowest BCUT2D eigenvalue weighted by atomic mass is 10.2. The number of nitrogens with zero attached hydrogens (tertiary/aromatic N) is 2. The molecule has 22 heavy (non-hydrogen) atoms. The molecule has 1 aromatic heterocycles. The van der Waals surface area contributed by atoms with E-state index >= 15 is 0 Å². The van der Waals surface area contributed by atoms with E-state index in [-0.39, 0.29) is 0 Å². The molecule has 120 valence electrons. The van der Waals surface area contributed by atoms with Crippen molar-refractivity contribution < 1.29 is 13.5 Å². The Kier molecular flexibility index (Phi) is 5.57. The van der Waals surface area contributed by atoms with Crippen molar-refractivity contribution in [2.45, 2.75) is 25.5 Å². The second kappa shape index (κ2) is 7.23. The summed E-state index contributed by atoms with van der Waals surface area (Å²) in [5, 5.41) is 15.2. The van der Waals surface area contributed by atoms with E-state index in [0.29, 0.717) is 24.4 Å². The first kappa shape index (κ1) is 17.0. The summed E-state index contributed by atoms with van der Waals surface area (Å²) in [6.45, 7) is 0.671. The second-order valence-electron chi connectivity index (χ2n) is 5.19. The van der Waals surface area contributed by atoms with Gasteiger partial charge in [-0.25, -0.2) is 18.5 Å². The molecule has 0 saturated heterocycles. The largest absolute Gasteiger partial charge is 0.392 e. The molecular weight excluding hydrogens is 326 g/mol. The summed E-state index contributed by atoms with van der Waals surface area (Å²) >= 11 is 5.84. The lowest BCUT2D eigenvalue weighted by Gasteiger charge is -2.07. The maximum absolute atomic E-state index is 10.9. The van der Waals surface area contributed by atoms with E-state index < -0.39 is 21.9 Å². The van der Waals surface area contributed by atoms with Gasteiger partial charge in [-0.15, -0.1) is 0 Å². The van der Waals surface area contributed by atoms with Crippen molar-refractivity contribution >= 4 is 21.6 Å². The fourth-order valence-electron chi connectivity index (χ4n) is 2.09. The Bertz CT molecular complexity index is 713. The Morgan fingerprint density at radius 3 is 2.64 bits per heavy atom. The van der Waals surface area contributed by atoms with Gasteiger partial charge in [-0.05, 0) is 30.5 Å². The number of nitrogens with two attached hydrogens (primary N) is 1. The minimum absolute atomic E-state index is 0.300. The molecule has 0 bridgehead atoms. The third-order valence-electron chi connectivity index (χ3n) is 3.12. The normalized spacial score (nSPS) is 13.2. The Hall–Kier alpha value is -1.41. The van der Waals surface area contributed by atoms with E-state index in [1.807, 2.05) is 35.0 Å². The minimum atomic E-state index is -3.65. The number of imidazole rings is 1. The summed E-state index contributed by atoms with van der Waals surface area (Å²) < 4.78 is 23.7. The third kappa shape index (κ3) is 5.76. The van der Waals surface area contributed by atoms with Crippen LogP contribution >= 0.6 is 11.6 Å². The molecule has 2 rings (SSSR count). The van der Waals surface area contributed by atoms with Crippen molar-refractivity contribution in [2.24, 2.45) is 5.14 Å². The Morgan fingerprint density at radius 2 is 2.00 bits per heavy atom. The van der Waals surface area contributed by atoms with E-state index in [1.165, 1.54) is 0 Å². The third-order valence-corrected chi connectivity index (χ3v) is 4.22. The van der Waals surface area contributed by atoms with E-state index in [0.717, 1.165) is 11.3 Å². The van der Waals surface area contributed by atoms with Crippen LogP contribution in [0.25, 0.3) is 0 Å². The highest BCUT2D eigenvalue weighted by molar-refractivity contribution is 7.89. The maximum atomic E-state index is 10.9. The average molecular weight is 344 g/mol. The van der Waals surface area contributed by atoms with Gasteiger partial charge in [0.1, 0.15) is 0 Å². The van der Waals surface area contributed by atoms with Gasteiger partial charge in [0.05, 0.1) is 23.9 Å². The topological polar surface area (TPSA) is 98.2 Å². The smallest absolute Gasteiger partial charge is 0.211 e. The lowest BCUT2D eigenvalue weighted by molar-refractivity contribution is 0.187. The van der Waals surface area contributed by atoms with Crippen LogP contribution in [0.4, 0.5) is 0 Å². The van der Waals surface area contributed by atoms with Crippen molar-refractivity contribution in [3.63, 3.8) is 0 Å². The standard InChI is InChI=1S/C14H18ClN3O3S/c15-12-3-1-11(2-4-12)7-18-8-13(17-10-18)5-6-14(19)9-22(16,20)21/h1-4,8,10,14,19H,5-7,9H2,(H2,16,20,21). The number of primary sulfonamides is 1. The highest BCUT2D eigenvalue weighted by Gasteiger charge is 2.13. The number of hydrogen-bond acceptors (Lipinski definition) is 4. The molecule has 0 aliphatic heterocycles. The predicted molar refractivity (Wildman–Crippen MR) is 85.1 cm³/mol. The molecular formula is C14H18ClN3O3S. The van der Waals surface area contributed by atoms with Crippen LogP contribution in [0.15, 0.2) is 36.8 Å². The lowest BCUT2D eigenvalue weighted by Crippen LogP contribution is -2.26. The molecule has 3 N–H and O–H groups in total. The number of benzene rings is 1. The van der Waals surface area contributed by atoms with Crippen LogP contribution in [-0.2, 0) is 23.0 Å². The molecule has 1 aromatic carbocycles. The molecule has 0 aliphatic carbocycles. The highest BCUT2D eigenvalue weighted by Crippen LogP contribution is 2.11. The van der Waals surface area contributed by atoms with Crippen LogP contribution in [0.1, 0.15) is 17.7 Å². The second-order valence-corrected chi connectivity index (χ2v) is 7.28. The first-order valence-electron chi connectivity index (χ1n) is 6.75. The highest BCUT2D eigenvalue weighted by atomic mass is 35.5. The van der Waals surface area contributed by atoms with Crippen LogP contribution in [0.2, 0.25) is 5.02 Å². The van der Waals surface area contributed by atoms with Gasteiger partial charge in [-0.1, -0.05) is 23.7 Å². The van der Waals surface area contributed by atoms with Crippen molar-refractivity contribution in [1.82, 2.24) is 9.55 Å². The number of aryl methyl sites for hydroxylation is 1. The summed E-state index contributed by atoms with van der Waals surface area (Å²) in [6.07, 6.45) is 3.39. The fraction of sp³-hybridized carbons (Fsp3) is 0.357. The Morgan fingerprint density at radius 1 is 1.32 bits per heavy atom. The zero-order valence-electron chi connectivity index (χ0n) is 11.9. The fourth-order valence-corrected chi connectivity index (χ4v) is 2.92. The minimum Gasteiger partial charge on any atom is -0.392 e. The first-order chi connectivity index (χ1) is 10.3. The molecule has 8 heteroatoms. The molecule has 0 amide bonds. The van der Waals surface area contributed by atoms with Gasteiger partial charge in [0, 0.05) is 17.8 Å². The number of aromatic nitrogens is 2. The van der Waals surface area contributed by atoms with Crippen molar-refractivity contribution in [1.29, 1.82) is 0 Å². The van der Waals surface area contributed by atoms with Crippen LogP contribution in [0.3, 0.4) is 0 Å². The summed E-state index contributed by atoms with van der Waals surface area (Å²) in [7, 11) is -3.65. The number of rotatable bonds is 7. The van der Waals surface area contributed by atoms with Gasteiger partial charge in [0.25, 0.3) is 0 Å². The van der Waals surface area contributed by atoms with Crippen LogP contribution in [-0.4, -0.2) is 34.9 Å². The summed E-state index contributed by atoms with van der Waals surface area (Å²) in [4.78, 5) is 4.24. The van der Waals surface area contributed by atoms with Gasteiger partial charge in [-0.3, -0.25) is 0 Å². The van der Waals surface area contributed by atoms with Gasteiger partial charge in [-0.2, -0.15) is 0 Å². The van der Waals surface area contributed by atoms with Crippen LogP contribution in [0, 0.1) is 0 Å². The van der Waals surface area contributed by atoms with Crippen molar-refractivity contribution in [3.8, 4) is 0 Å². The average Bonchev–Trinajstić information content (AvgIpc) is 2.85. The maximum Gasteiger partial charge on any atom is 0.211 e. The molecule has 1 heterocycles. The summed E-state index contributed by atoms with van der Waals surface area (Å²) in [5.41, 5.74) is 1.89. The zero-order valence-corrected chi connectivity index (χ0v) is 13.5. The van der Waals surface area contributed by atoms with E-state index in [2.05, 4.69) is 4.98 Å². The van der Waals surface area contributed by atoms with E-state index in [9.17, 15) is 13.5 Å². The number of sulfonamides is 1. The summed E-state index contributed by atoms with van der Waals surface area (Å²) in [5.74, 6) is -0.432. The monoisotopic (exact) mass is 343 g/mol. The Balaban J connectivity index is 1.87. The van der Waals surface area contributed by atoms with Gasteiger partial charge >= 0.3 is 0 Å². The van der Waals surface area contributed by atoms with Crippen LogP contribution in [0.5, 0.6) is 0 Å². The number of halogens is 1. The zero-order chi connectivity index (χ0) is 16.2. The molecule has 2 aromatic rings. The molecule has 0 saturated carbocycles. The molecule has 6 nitrogen and oxygen atoms in total. The Labute approximate surface area is 134 Å².